The molecule has 0 bridgehead atoms. The Labute approximate surface area is 64.5 Å². The van der Waals surface area contributed by atoms with Crippen molar-refractivity contribution in [1.82, 2.24) is 4.98 Å². The van der Waals surface area contributed by atoms with E-state index in [0.717, 1.165) is 0 Å². The van der Waals surface area contributed by atoms with Gasteiger partial charge in [0.05, 0.1) is 0 Å². The third kappa shape index (κ3) is 1.42. The van der Waals surface area contributed by atoms with E-state index in [1.54, 1.807) is 0 Å². The second kappa shape index (κ2) is 2.34. The van der Waals surface area contributed by atoms with Crippen LogP contribution < -0.4 is 0 Å². The predicted molar refractivity (Wildman–Crippen MR) is 38.6 cm³/mol. The number of halogens is 1. The highest BCUT2D eigenvalue weighted by Gasteiger charge is 2.18. The summed E-state index contributed by atoms with van der Waals surface area (Å²) in [5.74, 6) is 0. The van der Waals surface area contributed by atoms with E-state index >= 15 is 0 Å². The zero-order valence-corrected chi connectivity index (χ0v) is 7.00. The summed E-state index contributed by atoms with van der Waals surface area (Å²) in [5, 5.41) is 0. The molecule has 5 heteroatoms. The van der Waals surface area contributed by atoms with Gasteiger partial charge in [-0.05, 0) is 19.4 Å². The van der Waals surface area contributed by atoms with E-state index in [4.69, 9.17) is 0 Å². The lowest BCUT2D eigenvalue weighted by Gasteiger charge is -1.92. The summed E-state index contributed by atoms with van der Waals surface area (Å²) >= 11 is 0. The van der Waals surface area contributed by atoms with Crippen LogP contribution in [0.4, 0.5) is 3.89 Å². The van der Waals surface area contributed by atoms with Crippen molar-refractivity contribution in [1.29, 1.82) is 0 Å². The van der Waals surface area contributed by atoms with Crippen LogP contribution in [0.5, 0.6) is 0 Å². The summed E-state index contributed by atoms with van der Waals surface area (Å²) in [6.45, 7) is 3.05. The Morgan fingerprint density at radius 3 is 2.18 bits per heavy atom. The lowest BCUT2D eigenvalue weighted by Crippen LogP contribution is -1.94. The monoisotopic (exact) mass is 177 g/mol. The molecule has 3 nitrogen and oxygen atoms in total. The average Bonchev–Trinajstić information content (AvgIpc) is 2.08. The first kappa shape index (κ1) is 8.26. The molecule has 1 aromatic heterocycles. The molecule has 1 aromatic rings. The average molecular weight is 177 g/mol. The van der Waals surface area contributed by atoms with Crippen molar-refractivity contribution >= 4 is 10.2 Å². The zero-order chi connectivity index (χ0) is 8.65. The van der Waals surface area contributed by atoms with Crippen LogP contribution in [-0.2, 0) is 10.2 Å². The van der Waals surface area contributed by atoms with Crippen LogP contribution >= 0.6 is 0 Å². The zero-order valence-electron chi connectivity index (χ0n) is 6.18. The molecule has 0 atom stereocenters. The van der Waals surface area contributed by atoms with Crippen molar-refractivity contribution < 1.29 is 12.3 Å². The van der Waals surface area contributed by atoms with Crippen molar-refractivity contribution in [3.63, 3.8) is 0 Å². The SMILES string of the molecule is Cc1c[nH]c(C)c1S(=O)(=O)F. The molecule has 0 aliphatic carbocycles. The Kier molecular flexibility index (Phi) is 1.75. The van der Waals surface area contributed by atoms with E-state index in [-0.39, 0.29) is 4.90 Å². The molecule has 0 aliphatic rings. The summed E-state index contributed by atoms with van der Waals surface area (Å²) in [5.41, 5.74) is 0.745. The fourth-order valence-electron chi connectivity index (χ4n) is 1.02. The van der Waals surface area contributed by atoms with Crippen LogP contribution in [0, 0.1) is 13.8 Å². The number of rotatable bonds is 1. The Balaban J connectivity index is 3.45. The van der Waals surface area contributed by atoms with Crippen LogP contribution in [0.25, 0.3) is 0 Å². The maximum Gasteiger partial charge on any atom is 0.334 e. The van der Waals surface area contributed by atoms with E-state index in [1.807, 2.05) is 0 Å². The highest BCUT2D eigenvalue weighted by atomic mass is 32.3. The number of hydrogen-bond acceptors (Lipinski definition) is 2. The Morgan fingerprint density at radius 1 is 1.45 bits per heavy atom. The van der Waals surface area contributed by atoms with E-state index in [2.05, 4.69) is 4.98 Å². The van der Waals surface area contributed by atoms with Crippen LogP contribution in [0.1, 0.15) is 11.3 Å². The molecule has 1 N–H and O–H groups in total. The number of H-pyrrole nitrogens is 1. The molecule has 0 spiro atoms. The van der Waals surface area contributed by atoms with Crippen molar-refractivity contribution in [3.8, 4) is 0 Å². The van der Waals surface area contributed by atoms with Gasteiger partial charge < -0.3 is 4.98 Å². The van der Waals surface area contributed by atoms with Crippen LogP contribution in [0.2, 0.25) is 0 Å². The number of aromatic amines is 1. The normalized spacial score (nSPS) is 11.9. The smallest absolute Gasteiger partial charge is 0.334 e. The quantitative estimate of drug-likeness (QED) is 0.657. The summed E-state index contributed by atoms with van der Waals surface area (Å²) in [6, 6.07) is 0. The second-order valence-corrected chi connectivity index (χ2v) is 3.65. The highest BCUT2D eigenvalue weighted by Crippen LogP contribution is 2.20. The van der Waals surface area contributed by atoms with Gasteiger partial charge in [0.2, 0.25) is 0 Å². The molecule has 0 amide bonds. The number of nitrogens with one attached hydrogen (secondary N) is 1. The minimum Gasteiger partial charge on any atom is -0.364 e. The largest absolute Gasteiger partial charge is 0.364 e. The molecule has 1 rings (SSSR count). The summed E-state index contributed by atoms with van der Waals surface area (Å²) in [6.07, 6.45) is 1.46. The van der Waals surface area contributed by atoms with Crippen LogP contribution in [0.3, 0.4) is 0 Å². The number of aromatic nitrogens is 1. The minimum absolute atomic E-state index is 0.238. The van der Waals surface area contributed by atoms with Gasteiger partial charge in [-0.2, -0.15) is 8.42 Å². The van der Waals surface area contributed by atoms with Gasteiger partial charge >= 0.3 is 10.2 Å². The topological polar surface area (TPSA) is 49.9 Å². The highest BCUT2D eigenvalue weighted by molar-refractivity contribution is 7.86. The van der Waals surface area contributed by atoms with E-state index in [1.165, 1.54) is 20.0 Å². The molecule has 62 valence electrons. The lowest BCUT2D eigenvalue weighted by molar-refractivity contribution is 0.551. The van der Waals surface area contributed by atoms with Gasteiger partial charge in [0.1, 0.15) is 4.90 Å². The standard InChI is InChI=1S/C6H8FNO2S/c1-4-3-8-5(2)6(4)11(7,9)10/h3,8H,1-2H3. The first-order valence-corrected chi connectivity index (χ1v) is 4.40. The fourth-order valence-corrected chi connectivity index (χ4v) is 1.89. The van der Waals surface area contributed by atoms with Crippen LogP contribution in [-0.4, -0.2) is 13.4 Å². The molecular formula is C6H8FNO2S. The molecule has 0 radical (unpaired) electrons. The van der Waals surface area contributed by atoms with Gasteiger partial charge in [-0.15, -0.1) is 3.89 Å². The first-order chi connectivity index (χ1) is 4.93. The summed E-state index contributed by atoms with van der Waals surface area (Å²) in [4.78, 5) is 2.39. The Morgan fingerprint density at radius 2 is 2.00 bits per heavy atom. The van der Waals surface area contributed by atoms with Crippen molar-refractivity contribution in [2.45, 2.75) is 18.7 Å². The molecule has 0 aromatic carbocycles. The van der Waals surface area contributed by atoms with Crippen LogP contribution in [0.15, 0.2) is 11.1 Å². The molecule has 0 unspecified atom stereocenters. The third-order valence-corrected chi connectivity index (χ3v) is 2.56. The Bertz CT molecular complexity index is 346. The van der Waals surface area contributed by atoms with Gasteiger partial charge in [-0.3, -0.25) is 0 Å². The minimum atomic E-state index is -4.55. The van der Waals surface area contributed by atoms with E-state index in [0.29, 0.717) is 11.3 Å². The molecule has 1 heterocycles. The third-order valence-electron chi connectivity index (χ3n) is 1.45. The molecule has 0 fully saturated rings. The van der Waals surface area contributed by atoms with Gasteiger partial charge in [-0.25, -0.2) is 0 Å². The van der Waals surface area contributed by atoms with Crippen molar-refractivity contribution in [2.75, 3.05) is 0 Å². The number of aryl methyl sites for hydroxylation is 2. The van der Waals surface area contributed by atoms with Gasteiger partial charge in [0, 0.05) is 11.9 Å². The maximum atomic E-state index is 12.4. The molecule has 0 saturated carbocycles. The summed E-state index contributed by atoms with van der Waals surface area (Å²) < 4.78 is 33.3. The predicted octanol–water partition coefficient (Wildman–Crippen LogP) is 1.29. The molecule has 11 heavy (non-hydrogen) atoms. The first-order valence-electron chi connectivity index (χ1n) is 3.02. The maximum absolute atomic E-state index is 12.4. The van der Waals surface area contributed by atoms with Crippen molar-refractivity contribution in [2.24, 2.45) is 0 Å². The molecule has 0 saturated heterocycles. The van der Waals surface area contributed by atoms with Crippen molar-refractivity contribution in [3.05, 3.63) is 17.5 Å². The van der Waals surface area contributed by atoms with Gasteiger partial charge in [0.15, 0.2) is 0 Å². The fraction of sp³-hybridized carbons (Fsp3) is 0.333. The van der Waals surface area contributed by atoms with E-state index in [9.17, 15) is 12.3 Å². The number of hydrogen-bond donors (Lipinski definition) is 1. The Hall–Kier alpha value is -0.840. The molecule has 0 aliphatic heterocycles. The van der Waals surface area contributed by atoms with E-state index < -0.39 is 10.2 Å². The molecular weight excluding hydrogens is 169 g/mol. The van der Waals surface area contributed by atoms with Gasteiger partial charge in [0.25, 0.3) is 0 Å². The lowest BCUT2D eigenvalue weighted by atomic mass is 10.3. The summed E-state index contributed by atoms with van der Waals surface area (Å²) in [7, 11) is -4.55. The van der Waals surface area contributed by atoms with Gasteiger partial charge in [-0.1, -0.05) is 0 Å². The second-order valence-electron chi connectivity index (χ2n) is 2.36.